The Morgan fingerprint density at radius 2 is 2.18 bits per heavy atom. The molecule has 0 amide bonds. The van der Waals surface area contributed by atoms with Crippen LogP contribution in [0.5, 0.6) is 0 Å². The van der Waals surface area contributed by atoms with Crippen LogP contribution >= 0.6 is 11.6 Å². The summed E-state index contributed by atoms with van der Waals surface area (Å²) < 4.78 is 0. The lowest BCUT2D eigenvalue weighted by molar-refractivity contribution is 0.406. The Labute approximate surface area is 106 Å². The Balaban J connectivity index is 2.10. The summed E-state index contributed by atoms with van der Waals surface area (Å²) in [5.41, 5.74) is 3.73. The van der Waals surface area contributed by atoms with Gasteiger partial charge in [0.2, 0.25) is 0 Å². The van der Waals surface area contributed by atoms with Crippen molar-refractivity contribution in [1.82, 2.24) is 10.3 Å². The highest BCUT2D eigenvalue weighted by atomic mass is 35.5. The average Bonchev–Trinajstić information content (AvgIpc) is 2.70. The molecule has 0 bridgehead atoms. The van der Waals surface area contributed by atoms with E-state index in [2.05, 4.69) is 23.3 Å². The molecule has 1 fully saturated rings. The number of piperidine rings is 1. The third-order valence-electron chi connectivity index (χ3n) is 3.74. The van der Waals surface area contributed by atoms with Gasteiger partial charge in [-0.05, 0) is 37.9 Å². The number of aromatic amines is 1. The zero-order chi connectivity index (χ0) is 11.8. The summed E-state index contributed by atoms with van der Waals surface area (Å²) in [5, 5.41) is 5.64. The minimum absolute atomic E-state index is 0.465. The summed E-state index contributed by atoms with van der Waals surface area (Å²) in [6.45, 7) is 3.30. The highest BCUT2D eigenvalue weighted by Crippen LogP contribution is 2.32. The molecule has 2 N–H and O–H groups in total. The van der Waals surface area contributed by atoms with Gasteiger partial charge in [0.15, 0.2) is 0 Å². The monoisotopic (exact) mass is 248 g/mol. The summed E-state index contributed by atoms with van der Waals surface area (Å²) in [6, 6.07) is 6.56. The van der Waals surface area contributed by atoms with Crippen LogP contribution in [0, 0.1) is 6.92 Å². The van der Waals surface area contributed by atoms with Gasteiger partial charge >= 0.3 is 0 Å². The number of para-hydroxylation sites is 1. The van der Waals surface area contributed by atoms with Crippen molar-refractivity contribution in [2.45, 2.75) is 32.2 Å². The van der Waals surface area contributed by atoms with Crippen molar-refractivity contribution in [2.24, 2.45) is 0 Å². The number of benzene rings is 1. The Hall–Kier alpha value is -0.990. The molecule has 0 radical (unpaired) electrons. The first kappa shape index (κ1) is 11.1. The summed E-state index contributed by atoms with van der Waals surface area (Å²) in [6.07, 6.45) is 3.81. The Kier molecular flexibility index (Phi) is 2.85. The highest BCUT2D eigenvalue weighted by Gasteiger charge is 2.20. The van der Waals surface area contributed by atoms with Crippen LogP contribution in [0.1, 0.15) is 36.6 Å². The molecular weight excluding hydrogens is 232 g/mol. The number of hydrogen-bond donors (Lipinski definition) is 2. The molecular formula is C14H17ClN2. The number of H-pyrrole nitrogens is 1. The third kappa shape index (κ3) is 1.85. The number of rotatable bonds is 1. The summed E-state index contributed by atoms with van der Waals surface area (Å²) in [7, 11) is 0. The third-order valence-corrected chi connectivity index (χ3v) is 4.06. The molecule has 2 nitrogen and oxygen atoms in total. The lowest BCUT2D eigenvalue weighted by Gasteiger charge is -2.23. The van der Waals surface area contributed by atoms with Gasteiger partial charge in [0.25, 0.3) is 0 Å². The smallest absolute Gasteiger partial charge is 0.0648 e. The molecule has 1 aromatic heterocycles. The number of halogens is 1. The Morgan fingerprint density at radius 3 is 2.88 bits per heavy atom. The predicted molar refractivity (Wildman–Crippen MR) is 72.6 cm³/mol. The standard InChI is InChI=1S/C14H17ClN2/c1-9-10-5-4-6-11(15)14(10)17-13(9)12-7-2-3-8-16-12/h4-6,12,16-17H,2-3,7-8H2,1H3. The Bertz CT molecular complexity index is 538. The molecule has 17 heavy (non-hydrogen) atoms. The van der Waals surface area contributed by atoms with Gasteiger partial charge in [-0.15, -0.1) is 0 Å². The largest absolute Gasteiger partial charge is 0.356 e. The molecule has 0 saturated carbocycles. The second-order valence-electron chi connectivity index (χ2n) is 4.83. The maximum Gasteiger partial charge on any atom is 0.0648 e. The zero-order valence-corrected chi connectivity index (χ0v) is 10.8. The van der Waals surface area contributed by atoms with E-state index < -0.39 is 0 Å². The number of fused-ring (bicyclic) bond motifs is 1. The number of nitrogens with one attached hydrogen (secondary N) is 2. The highest BCUT2D eigenvalue weighted by molar-refractivity contribution is 6.35. The molecule has 1 aliphatic heterocycles. The van der Waals surface area contributed by atoms with Crippen LogP contribution in [-0.4, -0.2) is 11.5 Å². The van der Waals surface area contributed by atoms with Crippen molar-refractivity contribution in [1.29, 1.82) is 0 Å². The van der Waals surface area contributed by atoms with Crippen molar-refractivity contribution >= 4 is 22.5 Å². The molecule has 2 heterocycles. The first-order valence-corrected chi connectivity index (χ1v) is 6.65. The minimum atomic E-state index is 0.465. The maximum absolute atomic E-state index is 6.23. The maximum atomic E-state index is 6.23. The van der Waals surface area contributed by atoms with E-state index in [0.29, 0.717) is 6.04 Å². The van der Waals surface area contributed by atoms with Crippen LogP contribution in [0.25, 0.3) is 10.9 Å². The summed E-state index contributed by atoms with van der Waals surface area (Å²) in [5.74, 6) is 0. The molecule has 0 aliphatic carbocycles. The van der Waals surface area contributed by atoms with E-state index in [9.17, 15) is 0 Å². The summed E-state index contributed by atoms with van der Waals surface area (Å²) in [4.78, 5) is 3.51. The van der Waals surface area contributed by atoms with Gasteiger partial charge in [0.1, 0.15) is 0 Å². The molecule has 1 atom stereocenters. The first-order valence-electron chi connectivity index (χ1n) is 6.27. The topological polar surface area (TPSA) is 27.8 Å². The zero-order valence-electron chi connectivity index (χ0n) is 10.0. The van der Waals surface area contributed by atoms with Crippen LogP contribution in [-0.2, 0) is 0 Å². The molecule has 0 spiro atoms. The first-order chi connectivity index (χ1) is 8.27. The number of aromatic nitrogens is 1. The van der Waals surface area contributed by atoms with Gasteiger partial charge in [-0.25, -0.2) is 0 Å². The van der Waals surface area contributed by atoms with Crippen LogP contribution in [0.4, 0.5) is 0 Å². The molecule has 1 saturated heterocycles. The van der Waals surface area contributed by atoms with Crippen molar-refractivity contribution in [2.75, 3.05) is 6.54 Å². The van der Waals surface area contributed by atoms with E-state index in [-0.39, 0.29) is 0 Å². The van der Waals surface area contributed by atoms with E-state index in [1.54, 1.807) is 0 Å². The molecule has 3 heteroatoms. The normalized spacial score (nSPS) is 20.9. The van der Waals surface area contributed by atoms with Gasteiger partial charge in [-0.3, -0.25) is 0 Å². The van der Waals surface area contributed by atoms with Crippen LogP contribution in [0.2, 0.25) is 5.02 Å². The molecule has 1 unspecified atom stereocenters. The van der Waals surface area contributed by atoms with E-state index in [0.717, 1.165) is 17.1 Å². The molecule has 90 valence electrons. The fraction of sp³-hybridized carbons (Fsp3) is 0.429. The van der Waals surface area contributed by atoms with E-state index in [4.69, 9.17) is 11.6 Å². The fourth-order valence-corrected chi connectivity index (χ4v) is 3.01. The van der Waals surface area contributed by atoms with Crippen LogP contribution in [0.3, 0.4) is 0 Å². The van der Waals surface area contributed by atoms with Crippen molar-refractivity contribution < 1.29 is 0 Å². The fourth-order valence-electron chi connectivity index (χ4n) is 2.78. The van der Waals surface area contributed by atoms with Gasteiger partial charge in [0.05, 0.1) is 10.5 Å². The van der Waals surface area contributed by atoms with E-state index >= 15 is 0 Å². The second kappa shape index (κ2) is 4.35. The molecule has 1 aromatic carbocycles. The van der Waals surface area contributed by atoms with Gasteiger partial charge in [0, 0.05) is 17.1 Å². The number of aryl methyl sites for hydroxylation is 1. The van der Waals surface area contributed by atoms with Gasteiger partial charge < -0.3 is 10.3 Å². The Morgan fingerprint density at radius 1 is 1.29 bits per heavy atom. The van der Waals surface area contributed by atoms with E-state index in [1.165, 1.54) is 35.9 Å². The average molecular weight is 249 g/mol. The quantitative estimate of drug-likeness (QED) is 0.786. The lowest BCUT2D eigenvalue weighted by Crippen LogP contribution is -2.27. The SMILES string of the molecule is Cc1c(C2CCCCN2)[nH]c2c(Cl)cccc12. The second-order valence-corrected chi connectivity index (χ2v) is 5.24. The van der Waals surface area contributed by atoms with Crippen molar-refractivity contribution in [3.63, 3.8) is 0 Å². The number of hydrogen-bond acceptors (Lipinski definition) is 1. The van der Waals surface area contributed by atoms with Crippen LogP contribution < -0.4 is 5.32 Å². The van der Waals surface area contributed by atoms with Crippen LogP contribution in [0.15, 0.2) is 18.2 Å². The van der Waals surface area contributed by atoms with Gasteiger partial charge in [-0.2, -0.15) is 0 Å². The predicted octanol–water partition coefficient (Wildman–Crippen LogP) is 3.94. The van der Waals surface area contributed by atoms with Gasteiger partial charge in [-0.1, -0.05) is 30.2 Å². The van der Waals surface area contributed by atoms with E-state index in [1.807, 2.05) is 12.1 Å². The molecule has 2 aromatic rings. The summed E-state index contributed by atoms with van der Waals surface area (Å²) >= 11 is 6.23. The lowest BCUT2D eigenvalue weighted by atomic mass is 9.99. The van der Waals surface area contributed by atoms with Crippen molar-refractivity contribution in [3.05, 3.63) is 34.5 Å². The van der Waals surface area contributed by atoms with Crippen molar-refractivity contribution in [3.8, 4) is 0 Å². The minimum Gasteiger partial charge on any atom is -0.356 e. The molecule has 1 aliphatic rings. The molecule has 3 rings (SSSR count).